The molecule has 0 aromatic carbocycles. The lowest BCUT2D eigenvalue weighted by Crippen LogP contribution is -2.44. The maximum absolute atomic E-state index is 11.9. The highest BCUT2D eigenvalue weighted by Crippen LogP contribution is 2.21. The minimum absolute atomic E-state index is 0.0574. The molecule has 17 heavy (non-hydrogen) atoms. The van der Waals surface area contributed by atoms with Crippen LogP contribution in [0.25, 0.3) is 0 Å². The molecule has 1 unspecified atom stereocenters. The van der Waals surface area contributed by atoms with Crippen molar-refractivity contribution in [1.82, 2.24) is 15.5 Å². The van der Waals surface area contributed by atoms with Crippen LogP contribution in [0.4, 0.5) is 0 Å². The van der Waals surface area contributed by atoms with Gasteiger partial charge in [0.25, 0.3) is 5.91 Å². The first kappa shape index (κ1) is 13.7. The number of aryl methyl sites for hydroxylation is 1. The van der Waals surface area contributed by atoms with E-state index >= 15 is 0 Å². The standard InChI is InChI=1S/C12H21N3O2/c1-8-7-9(15-14-8)11(17)13-10(5-6-16)12(2,3)4/h7,10,16H,5-6H2,1-4H3,(H,13,17)(H,14,15). The van der Waals surface area contributed by atoms with Gasteiger partial charge >= 0.3 is 0 Å². The van der Waals surface area contributed by atoms with Gasteiger partial charge in [0.1, 0.15) is 5.69 Å². The van der Waals surface area contributed by atoms with Crippen LogP contribution in [0.5, 0.6) is 0 Å². The number of carbonyl (C=O) groups is 1. The second-order valence-electron chi connectivity index (χ2n) is 5.34. The normalized spacial score (nSPS) is 13.5. The Morgan fingerprint density at radius 3 is 2.65 bits per heavy atom. The van der Waals surface area contributed by atoms with Crippen molar-refractivity contribution < 1.29 is 9.90 Å². The highest BCUT2D eigenvalue weighted by atomic mass is 16.3. The number of amides is 1. The fourth-order valence-corrected chi connectivity index (χ4v) is 1.62. The minimum Gasteiger partial charge on any atom is -0.396 e. The van der Waals surface area contributed by atoms with Gasteiger partial charge in [-0.15, -0.1) is 0 Å². The van der Waals surface area contributed by atoms with Gasteiger partial charge < -0.3 is 10.4 Å². The van der Waals surface area contributed by atoms with E-state index in [9.17, 15) is 4.79 Å². The van der Waals surface area contributed by atoms with Gasteiger partial charge in [0.2, 0.25) is 0 Å². The quantitative estimate of drug-likeness (QED) is 0.740. The van der Waals surface area contributed by atoms with Crippen LogP contribution >= 0.6 is 0 Å². The van der Waals surface area contributed by atoms with Crippen LogP contribution in [0.15, 0.2) is 6.07 Å². The number of nitrogens with zero attached hydrogens (tertiary/aromatic N) is 1. The Bertz CT molecular complexity index is 379. The van der Waals surface area contributed by atoms with E-state index in [1.165, 1.54) is 0 Å². The Hall–Kier alpha value is -1.36. The van der Waals surface area contributed by atoms with Crippen molar-refractivity contribution >= 4 is 5.91 Å². The highest BCUT2D eigenvalue weighted by molar-refractivity contribution is 5.92. The Balaban J connectivity index is 2.71. The summed E-state index contributed by atoms with van der Waals surface area (Å²) in [5.41, 5.74) is 1.14. The molecular formula is C12H21N3O2. The third-order valence-corrected chi connectivity index (χ3v) is 2.71. The van der Waals surface area contributed by atoms with Crippen LogP contribution < -0.4 is 5.32 Å². The number of carbonyl (C=O) groups excluding carboxylic acids is 1. The second kappa shape index (κ2) is 5.31. The lowest BCUT2D eigenvalue weighted by molar-refractivity contribution is 0.0880. The van der Waals surface area contributed by atoms with E-state index < -0.39 is 0 Å². The van der Waals surface area contributed by atoms with Crippen molar-refractivity contribution in [3.05, 3.63) is 17.5 Å². The van der Waals surface area contributed by atoms with E-state index in [2.05, 4.69) is 15.5 Å². The van der Waals surface area contributed by atoms with E-state index in [4.69, 9.17) is 5.11 Å². The number of hydrogen-bond acceptors (Lipinski definition) is 3. The Morgan fingerprint density at radius 1 is 1.59 bits per heavy atom. The molecule has 0 aliphatic carbocycles. The first-order valence-electron chi connectivity index (χ1n) is 5.78. The fraction of sp³-hybridized carbons (Fsp3) is 0.667. The summed E-state index contributed by atoms with van der Waals surface area (Å²) >= 11 is 0. The van der Waals surface area contributed by atoms with Crippen molar-refractivity contribution in [3.8, 4) is 0 Å². The lowest BCUT2D eigenvalue weighted by Gasteiger charge is -2.30. The average molecular weight is 239 g/mol. The van der Waals surface area contributed by atoms with Crippen LogP contribution in [0.2, 0.25) is 0 Å². The maximum Gasteiger partial charge on any atom is 0.272 e. The van der Waals surface area contributed by atoms with Gasteiger partial charge in [-0.3, -0.25) is 9.89 Å². The molecule has 1 amide bonds. The molecule has 5 heteroatoms. The number of hydrogen-bond donors (Lipinski definition) is 3. The molecule has 1 aromatic heterocycles. The summed E-state index contributed by atoms with van der Waals surface area (Å²) in [5, 5.41) is 18.6. The van der Waals surface area contributed by atoms with Crippen molar-refractivity contribution in [2.45, 2.75) is 40.2 Å². The number of aromatic nitrogens is 2. The Kier molecular flexibility index (Phi) is 4.28. The van der Waals surface area contributed by atoms with Gasteiger partial charge in [-0.1, -0.05) is 20.8 Å². The van der Waals surface area contributed by atoms with Crippen molar-refractivity contribution in [3.63, 3.8) is 0 Å². The molecule has 1 aromatic rings. The third-order valence-electron chi connectivity index (χ3n) is 2.71. The molecule has 0 aliphatic heterocycles. The number of rotatable bonds is 4. The minimum atomic E-state index is -0.206. The molecule has 0 bridgehead atoms. The topological polar surface area (TPSA) is 78.0 Å². The average Bonchev–Trinajstić information content (AvgIpc) is 2.62. The summed E-state index contributed by atoms with van der Waals surface area (Å²) < 4.78 is 0. The van der Waals surface area contributed by atoms with Gasteiger partial charge in [-0.2, -0.15) is 5.10 Å². The lowest BCUT2D eigenvalue weighted by atomic mass is 9.85. The van der Waals surface area contributed by atoms with Crippen molar-refractivity contribution in [2.75, 3.05) is 6.61 Å². The number of aliphatic hydroxyl groups excluding tert-OH is 1. The second-order valence-corrected chi connectivity index (χ2v) is 5.34. The molecule has 0 saturated carbocycles. The predicted octanol–water partition coefficient (Wildman–Crippen LogP) is 1.25. The van der Waals surface area contributed by atoms with E-state index in [1.807, 2.05) is 27.7 Å². The summed E-state index contributed by atoms with van der Waals surface area (Å²) in [6.45, 7) is 8.00. The summed E-state index contributed by atoms with van der Waals surface area (Å²) in [6.07, 6.45) is 0.540. The number of aliphatic hydroxyl groups is 1. The highest BCUT2D eigenvalue weighted by Gasteiger charge is 2.26. The van der Waals surface area contributed by atoms with Crippen LogP contribution in [-0.4, -0.2) is 33.9 Å². The van der Waals surface area contributed by atoms with Crippen molar-refractivity contribution in [2.24, 2.45) is 5.41 Å². The van der Waals surface area contributed by atoms with Gasteiger partial charge in [-0.05, 0) is 24.8 Å². The molecule has 0 radical (unpaired) electrons. The zero-order valence-corrected chi connectivity index (χ0v) is 10.9. The van der Waals surface area contributed by atoms with Gasteiger partial charge in [-0.25, -0.2) is 0 Å². The molecule has 1 heterocycles. The predicted molar refractivity (Wildman–Crippen MR) is 65.7 cm³/mol. The van der Waals surface area contributed by atoms with Crippen LogP contribution in [0.1, 0.15) is 43.4 Å². The first-order valence-corrected chi connectivity index (χ1v) is 5.78. The summed E-state index contributed by atoms with van der Waals surface area (Å²) in [7, 11) is 0. The SMILES string of the molecule is Cc1cc(C(=O)NC(CCO)C(C)(C)C)n[nH]1. The van der Waals surface area contributed by atoms with E-state index in [0.29, 0.717) is 12.1 Å². The van der Waals surface area contributed by atoms with E-state index in [0.717, 1.165) is 5.69 Å². The van der Waals surface area contributed by atoms with Crippen LogP contribution in [0, 0.1) is 12.3 Å². The molecule has 1 rings (SSSR count). The van der Waals surface area contributed by atoms with Gasteiger partial charge in [0.05, 0.1) is 0 Å². The van der Waals surface area contributed by atoms with Crippen molar-refractivity contribution in [1.29, 1.82) is 0 Å². The number of aromatic amines is 1. The molecule has 1 atom stereocenters. The summed E-state index contributed by atoms with van der Waals surface area (Å²) in [4.78, 5) is 11.9. The van der Waals surface area contributed by atoms with Crippen LogP contribution in [0.3, 0.4) is 0 Å². The largest absolute Gasteiger partial charge is 0.396 e. The molecule has 0 fully saturated rings. The van der Waals surface area contributed by atoms with Gasteiger partial charge in [0.15, 0.2) is 0 Å². The number of nitrogens with one attached hydrogen (secondary N) is 2. The van der Waals surface area contributed by atoms with Gasteiger partial charge in [0, 0.05) is 18.3 Å². The molecule has 96 valence electrons. The molecule has 0 saturated heterocycles. The molecular weight excluding hydrogens is 218 g/mol. The van der Waals surface area contributed by atoms with Crippen LogP contribution in [-0.2, 0) is 0 Å². The van der Waals surface area contributed by atoms with E-state index in [1.54, 1.807) is 6.07 Å². The summed E-state index contributed by atoms with van der Waals surface area (Å²) in [6, 6.07) is 1.63. The summed E-state index contributed by atoms with van der Waals surface area (Å²) in [5.74, 6) is -0.206. The van der Waals surface area contributed by atoms with E-state index in [-0.39, 0.29) is 24.0 Å². The maximum atomic E-state index is 11.9. The first-order chi connectivity index (χ1) is 7.84. The fourth-order valence-electron chi connectivity index (χ4n) is 1.62. The Morgan fingerprint density at radius 2 is 2.24 bits per heavy atom. The third kappa shape index (κ3) is 3.85. The Labute approximate surface area is 102 Å². The smallest absolute Gasteiger partial charge is 0.272 e. The molecule has 0 aliphatic rings. The zero-order chi connectivity index (χ0) is 13.1. The molecule has 5 nitrogen and oxygen atoms in total. The monoisotopic (exact) mass is 239 g/mol. The number of H-pyrrole nitrogens is 1. The molecule has 3 N–H and O–H groups in total. The zero-order valence-electron chi connectivity index (χ0n) is 10.9. The molecule has 0 spiro atoms.